The fraction of sp³-hybridized carbons (Fsp3) is 0.600. The summed E-state index contributed by atoms with van der Waals surface area (Å²) in [5.74, 6) is 0. The van der Waals surface area contributed by atoms with Crippen LogP contribution in [0.3, 0.4) is 0 Å². The lowest BCUT2D eigenvalue weighted by atomic mass is 10.1. The van der Waals surface area contributed by atoms with Crippen molar-refractivity contribution in [2.75, 3.05) is 19.7 Å². The maximum Gasteiger partial charge on any atom is 0.289 e. The molecule has 1 aliphatic rings. The summed E-state index contributed by atoms with van der Waals surface area (Å²) >= 11 is 5.87. The number of hydrogen-bond donors (Lipinski definition) is 0. The smallest absolute Gasteiger partial charge is 0.289 e. The van der Waals surface area contributed by atoms with E-state index >= 15 is 0 Å². The van der Waals surface area contributed by atoms with Gasteiger partial charge in [-0.1, -0.05) is 18.5 Å². The van der Waals surface area contributed by atoms with E-state index in [0.29, 0.717) is 13.0 Å². The van der Waals surface area contributed by atoms with Gasteiger partial charge in [-0.15, -0.1) is 0 Å². The number of sulfonamides is 1. The van der Waals surface area contributed by atoms with Crippen molar-refractivity contribution in [1.29, 1.82) is 0 Å². The van der Waals surface area contributed by atoms with E-state index in [9.17, 15) is 18.5 Å². The third kappa shape index (κ3) is 4.44. The number of nitro groups is 1. The second kappa shape index (κ2) is 8.24. The lowest BCUT2D eigenvalue weighted by molar-refractivity contribution is -0.387. The molecule has 0 amide bonds. The molecule has 134 valence electrons. The van der Waals surface area contributed by atoms with Crippen LogP contribution in [0.15, 0.2) is 23.1 Å². The van der Waals surface area contributed by atoms with Gasteiger partial charge < -0.3 is 4.74 Å². The van der Waals surface area contributed by atoms with Crippen molar-refractivity contribution in [2.45, 2.75) is 43.6 Å². The van der Waals surface area contributed by atoms with Crippen molar-refractivity contribution < 1.29 is 18.1 Å². The van der Waals surface area contributed by atoms with Gasteiger partial charge in [0.2, 0.25) is 10.0 Å². The first-order valence-corrected chi connectivity index (χ1v) is 9.73. The van der Waals surface area contributed by atoms with Gasteiger partial charge in [-0.05, 0) is 37.8 Å². The molecule has 0 aliphatic carbocycles. The first kappa shape index (κ1) is 19.1. The summed E-state index contributed by atoms with van der Waals surface area (Å²) in [5, 5.41) is 11.3. The van der Waals surface area contributed by atoms with Crippen molar-refractivity contribution in [2.24, 2.45) is 0 Å². The zero-order chi connectivity index (χ0) is 17.7. The van der Waals surface area contributed by atoms with Crippen molar-refractivity contribution in [3.05, 3.63) is 33.3 Å². The molecular weight excluding hydrogens is 356 g/mol. The topological polar surface area (TPSA) is 89.8 Å². The molecule has 0 spiro atoms. The Hall–Kier alpha value is -1.22. The molecule has 0 bridgehead atoms. The maximum absolute atomic E-state index is 13.0. The Bertz CT molecular complexity index is 689. The Kier molecular flexibility index (Phi) is 6.56. The minimum atomic E-state index is -4.03. The van der Waals surface area contributed by atoms with Crippen LogP contribution in [0.1, 0.15) is 32.6 Å². The fourth-order valence-corrected chi connectivity index (χ4v) is 4.71. The first-order chi connectivity index (χ1) is 11.4. The molecule has 1 saturated heterocycles. The summed E-state index contributed by atoms with van der Waals surface area (Å²) in [6.07, 6.45) is 3.16. The average molecular weight is 377 g/mol. The van der Waals surface area contributed by atoms with Gasteiger partial charge in [0.15, 0.2) is 4.90 Å². The summed E-state index contributed by atoms with van der Waals surface area (Å²) in [5.41, 5.74) is -0.468. The number of nitro benzene ring substituents is 1. The molecule has 9 heteroatoms. The van der Waals surface area contributed by atoms with Gasteiger partial charge in [0.05, 0.1) is 11.0 Å². The molecule has 1 heterocycles. The second-order valence-electron chi connectivity index (χ2n) is 5.72. The molecule has 0 unspecified atom stereocenters. The lowest BCUT2D eigenvalue weighted by Gasteiger charge is -2.29. The van der Waals surface area contributed by atoms with E-state index in [-0.39, 0.29) is 29.1 Å². The molecule has 7 nitrogen and oxygen atoms in total. The molecule has 2 rings (SSSR count). The van der Waals surface area contributed by atoms with Crippen LogP contribution in [-0.4, -0.2) is 43.4 Å². The summed E-state index contributed by atoms with van der Waals surface area (Å²) in [6, 6.07) is 3.57. The second-order valence-corrected chi connectivity index (χ2v) is 8.06. The highest BCUT2D eigenvalue weighted by atomic mass is 35.5. The Morgan fingerprint density at radius 3 is 2.75 bits per heavy atom. The van der Waals surface area contributed by atoms with E-state index in [4.69, 9.17) is 16.3 Å². The van der Waals surface area contributed by atoms with Gasteiger partial charge in [-0.2, -0.15) is 4.31 Å². The molecule has 1 aliphatic heterocycles. The minimum Gasteiger partial charge on any atom is -0.377 e. The SMILES string of the molecule is CCCN(C[C@@H]1CCCCO1)S(=O)(=O)c1cc(Cl)ccc1[N+](=O)[O-]. The van der Waals surface area contributed by atoms with E-state index in [1.807, 2.05) is 6.92 Å². The van der Waals surface area contributed by atoms with E-state index in [2.05, 4.69) is 0 Å². The number of nitrogens with zero attached hydrogens (tertiary/aromatic N) is 2. The van der Waals surface area contributed by atoms with Crippen LogP contribution in [0.25, 0.3) is 0 Å². The molecule has 0 saturated carbocycles. The van der Waals surface area contributed by atoms with E-state index < -0.39 is 20.6 Å². The van der Waals surface area contributed by atoms with Crippen LogP contribution in [0.2, 0.25) is 5.02 Å². The summed E-state index contributed by atoms with van der Waals surface area (Å²) in [7, 11) is -4.03. The maximum atomic E-state index is 13.0. The largest absolute Gasteiger partial charge is 0.377 e. The molecule has 0 aromatic heterocycles. The van der Waals surface area contributed by atoms with Gasteiger partial charge in [-0.25, -0.2) is 8.42 Å². The highest BCUT2D eigenvalue weighted by Gasteiger charge is 2.33. The molecule has 24 heavy (non-hydrogen) atoms. The quantitative estimate of drug-likeness (QED) is 0.538. The number of benzene rings is 1. The van der Waals surface area contributed by atoms with Crippen LogP contribution < -0.4 is 0 Å². The van der Waals surface area contributed by atoms with Crippen molar-refractivity contribution >= 4 is 27.3 Å². The van der Waals surface area contributed by atoms with E-state index in [0.717, 1.165) is 31.4 Å². The normalized spacial score (nSPS) is 18.7. The highest BCUT2D eigenvalue weighted by Crippen LogP contribution is 2.30. The van der Waals surface area contributed by atoms with E-state index in [1.165, 1.54) is 10.4 Å². The van der Waals surface area contributed by atoms with Gasteiger partial charge in [0, 0.05) is 30.8 Å². The van der Waals surface area contributed by atoms with Crippen LogP contribution in [0, 0.1) is 10.1 Å². The van der Waals surface area contributed by atoms with Crippen molar-refractivity contribution in [1.82, 2.24) is 4.31 Å². The summed E-state index contributed by atoms with van der Waals surface area (Å²) < 4.78 is 32.8. The zero-order valence-electron chi connectivity index (χ0n) is 13.5. The summed E-state index contributed by atoms with van der Waals surface area (Å²) in [6.45, 7) is 2.93. The Labute approximate surface area is 146 Å². The molecule has 1 aromatic rings. The van der Waals surface area contributed by atoms with Crippen molar-refractivity contribution in [3.8, 4) is 0 Å². The molecule has 1 fully saturated rings. The van der Waals surface area contributed by atoms with Gasteiger partial charge in [0.25, 0.3) is 5.69 Å². The predicted octanol–water partition coefficient (Wildman–Crippen LogP) is 3.22. The average Bonchev–Trinajstić information content (AvgIpc) is 2.55. The van der Waals surface area contributed by atoms with Crippen molar-refractivity contribution in [3.63, 3.8) is 0 Å². The first-order valence-electron chi connectivity index (χ1n) is 7.92. The number of rotatable bonds is 7. The fourth-order valence-electron chi connectivity index (χ4n) is 2.72. The molecule has 0 N–H and O–H groups in total. The highest BCUT2D eigenvalue weighted by molar-refractivity contribution is 7.89. The molecule has 0 radical (unpaired) electrons. The Balaban J connectivity index is 2.37. The van der Waals surface area contributed by atoms with Gasteiger partial charge >= 0.3 is 0 Å². The minimum absolute atomic E-state index is 0.143. The van der Waals surface area contributed by atoms with Crippen LogP contribution >= 0.6 is 11.6 Å². The monoisotopic (exact) mass is 376 g/mol. The number of ether oxygens (including phenoxy) is 1. The van der Waals surface area contributed by atoms with E-state index in [1.54, 1.807) is 0 Å². The molecule has 1 aromatic carbocycles. The van der Waals surface area contributed by atoms with Gasteiger partial charge in [-0.3, -0.25) is 10.1 Å². The lowest BCUT2D eigenvalue weighted by Crippen LogP contribution is -2.40. The van der Waals surface area contributed by atoms with Gasteiger partial charge in [0.1, 0.15) is 0 Å². The van der Waals surface area contributed by atoms with Crippen LogP contribution in [-0.2, 0) is 14.8 Å². The van der Waals surface area contributed by atoms with Crippen LogP contribution in [0.5, 0.6) is 0 Å². The van der Waals surface area contributed by atoms with Crippen LogP contribution in [0.4, 0.5) is 5.69 Å². The molecular formula is C15H21ClN2O5S. The molecule has 1 atom stereocenters. The Morgan fingerprint density at radius 1 is 1.42 bits per heavy atom. The standard InChI is InChI=1S/C15H21ClN2O5S/c1-2-8-17(11-13-5-3-4-9-23-13)24(21,22)15-10-12(16)6-7-14(15)18(19)20/h6-7,10,13H,2-5,8-9,11H2,1H3/t13-/m0/s1. The third-order valence-corrected chi connectivity index (χ3v) is 6.02. The third-order valence-electron chi connectivity index (χ3n) is 3.89. The predicted molar refractivity (Wildman–Crippen MR) is 90.7 cm³/mol. The summed E-state index contributed by atoms with van der Waals surface area (Å²) in [4.78, 5) is 10.1. The Morgan fingerprint density at radius 2 is 2.17 bits per heavy atom. The zero-order valence-corrected chi connectivity index (χ0v) is 15.1. The number of hydrogen-bond acceptors (Lipinski definition) is 5. The number of halogens is 1.